The van der Waals surface area contributed by atoms with Gasteiger partial charge in [0.25, 0.3) is 0 Å². The zero-order valence-electron chi connectivity index (χ0n) is 14.2. The maximum atomic E-state index is 12.8. The summed E-state index contributed by atoms with van der Waals surface area (Å²) in [4.78, 5) is 15.1. The number of rotatable bonds is 7. The normalized spacial score (nSPS) is 29.1. The summed E-state index contributed by atoms with van der Waals surface area (Å²) in [6.45, 7) is 6.71. The van der Waals surface area contributed by atoms with E-state index in [9.17, 15) is 4.79 Å². The van der Waals surface area contributed by atoms with Gasteiger partial charge < -0.3 is 4.90 Å². The molecule has 0 spiro atoms. The SMILES string of the molecule is CCCCC1NC(CCC)N(C(C)C2CCCCC2)C1=O. The van der Waals surface area contributed by atoms with E-state index in [-0.39, 0.29) is 12.2 Å². The van der Waals surface area contributed by atoms with Gasteiger partial charge in [-0.15, -0.1) is 0 Å². The van der Waals surface area contributed by atoms with E-state index in [1.807, 2.05) is 0 Å². The number of unbranched alkanes of at least 4 members (excludes halogenated alkanes) is 1. The summed E-state index contributed by atoms with van der Waals surface area (Å²) in [5, 5.41) is 3.62. The van der Waals surface area contributed by atoms with E-state index in [0.29, 0.717) is 17.9 Å². The lowest BCUT2D eigenvalue weighted by Gasteiger charge is -2.37. The molecule has 3 unspecified atom stereocenters. The molecule has 122 valence electrons. The van der Waals surface area contributed by atoms with Crippen molar-refractivity contribution in [2.24, 2.45) is 5.92 Å². The van der Waals surface area contributed by atoms with E-state index in [1.165, 1.54) is 38.5 Å². The smallest absolute Gasteiger partial charge is 0.241 e. The fourth-order valence-corrected chi connectivity index (χ4v) is 4.16. The molecule has 3 heteroatoms. The molecule has 0 aromatic carbocycles. The van der Waals surface area contributed by atoms with Crippen LogP contribution in [-0.4, -0.2) is 29.1 Å². The Morgan fingerprint density at radius 1 is 1.14 bits per heavy atom. The summed E-state index contributed by atoms with van der Waals surface area (Å²) in [5.74, 6) is 1.09. The molecular weight excluding hydrogens is 260 g/mol. The highest BCUT2D eigenvalue weighted by molar-refractivity contribution is 5.84. The highest BCUT2D eigenvalue weighted by Gasteiger charge is 2.42. The average molecular weight is 294 g/mol. The molecule has 0 radical (unpaired) electrons. The minimum atomic E-state index is 0.0764. The molecule has 1 aliphatic heterocycles. The van der Waals surface area contributed by atoms with Crippen molar-refractivity contribution >= 4 is 5.91 Å². The predicted octanol–water partition coefficient (Wildman–Crippen LogP) is 4.07. The quantitative estimate of drug-likeness (QED) is 0.767. The van der Waals surface area contributed by atoms with Gasteiger partial charge in [-0.25, -0.2) is 0 Å². The fraction of sp³-hybridized carbons (Fsp3) is 0.944. The molecule has 0 aromatic rings. The van der Waals surface area contributed by atoms with E-state index in [4.69, 9.17) is 0 Å². The van der Waals surface area contributed by atoms with Gasteiger partial charge in [0.2, 0.25) is 5.91 Å². The van der Waals surface area contributed by atoms with E-state index >= 15 is 0 Å². The third-order valence-electron chi connectivity index (χ3n) is 5.46. The van der Waals surface area contributed by atoms with Gasteiger partial charge in [0.1, 0.15) is 0 Å². The van der Waals surface area contributed by atoms with Crippen molar-refractivity contribution in [2.45, 2.75) is 103 Å². The second-order valence-electron chi connectivity index (χ2n) is 7.05. The molecule has 0 bridgehead atoms. The summed E-state index contributed by atoms with van der Waals surface area (Å²) in [6, 6.07) is 0.487. The molecule has 1 amide bonds. The third kappa shape index (κ3) is 4.00. The van der Waals surface area contributed by atoms with Crippen LogP contribution in [0.1, 0.15) is 85.0 Å². The van der Waals surface area contributed by atoms with E-state index in [1.54, 1.807) is 0 Å². The first-order chi connectivity index (χ1) is 10.2. The number of hydrogen-bond acceptors (Lipinski definition) is 2. The monoisotopic (exact) mass is 294 g/mol. The second kappa shape index (κ2) is 8.17. The van der Waals surface area contributed by atoms with Crippen LogP contribution in [0.4, 0.5) is 0 Å². The first-order valence-electron chi connectivity index (χ1n) is 9.27. The van der Waals surface area contributed by atoms with Crippen molar-refractivity contribution < 1.29 is 4.79 Å². The molecule has 21 heavy (non-hydrogen) atoms. The third-order valence-corrected chi connectivity index (χ3v) is 5.46. The zero-order chi connectivity index (χ0) is 15.2. The molecule has 3 atom stereocenters. The summed E-state index contributed by atoms with van der Waals surface area (Å²) in [5.41, 5.74) is 0. The lowest BCUT2D eigenvalue weighted by Crippen LogP contribution is -2.47. The van der Waals surface area contributed by atoms with Gasteiger partial charge in [0.05, 0.1) is 12.2 Å². The van der Waals surface area contributed by atoms with Crippen molar-refractivity contribution in [3.8, 4) is 0 Å². The molecule has 1 saturated heterocycles. The Hall–Kier alpha value is -0.570. The van der Waals surface area contributed by atoms with Crippen LogP contribution in [0.15, 0.2) is 0 Å². The lowest BCUT2D eigenvalue weighted by atomic mass is 9.83. The highest BCUT2D eigenvalue weighted by atomic mass is 16.2. The molecule has 0 aromatic heterocycles. The van der Waals surface area contributed by atoms with Crippen molar-refractivity contribution in [1.29, 1.82) is 0 Å². The van der Waals surface area contributed by atoms with Crippen LogP contribution in [0, 0.1) is 5.92 Å². The fourth-order valence-electron chi connectivity index (χ4n) is 4.16. The Morgan fingerprint density at radius 3 is 2.48 bits per heavy atom. The van der Waals surface area contributed by atoms with E-state index in [0.717, 1.165) is 25.7 Å². The minimum Gasteiger partial charge on any atom is -0.323 e. The topological polar surface area (TPSA) is 32.3 Å². The molecule has 2 aliphatic rings. The van der Waals surface area contributed by atoms with Gasteiger partial charge in [-0.3, -0.25) is 10.1 Å². The van der Waals surface area contributed by atoms with Crippen LogP contribution in [0.3, 0.4) is 0 Å². The molecule has 1 N–H and O–H groups in total. The summed E-state index contributed by atoms with van der Waals surface area (Å²) >= 11 is 0. The maximum absolute atomic E-state index is 12.8. The van der Waals surface area contributed by atoms with Crippen LogP contribution >= 0.6 is 0 Å². The molecular formula is C18H34N2O. The summed E-state index contributed by atoms with van der Waals surface area (Å²) < 4.78 is 0. The number of amides is 1. The Bertz CT molecular complexity index is 325. The van der Waals surface area contributed by atoms with Crippen LogP contribution in [-0.2, 0) is 4.79 Å². The number of carbonyl (C=O) groups is 1. The minimum absolute atomic E-state index is 0.0764. The number of nitrogens with zero attached hydrogens (tertiary/aromatic N) is 1. The number of nitrogens with one attached hydrogen (secondary N) is 1. The Balaban J connectivity index is 2.03. The molecule has 2 rings (SSSR count). The summed E-state index contributed by atoms with van der Waals surface area (Å²) in [6.07, 6.45) is 12.5. The molecule has 3 nitrogen and oxygen atoms in total. The van der Waals surface area contributed by atoms with Gasteiger partial charge in [0, 0.05) is 6.04 Å². The van der Waals surface area contributed by atoms with E-state index in [2.05, 4.69) is 31.0 Å². The standard InChI is InChI=1S/C18H34N2O/c1-4-6-13-16-18(21)20(17(19-16)10-5-2)14(3)15-11-8-7-9-12-15/h14-17,19H,4-13H2,1-3H3. The van der Waals surface area contributed by atoms with Crippen LogP contribution < -0.4 is 5.32 Å². The van der Waals surface area contributed by atoms with Crippen LogP contribution in [0.5, 0.6) is 0 Å². The Morgan fingerprint density at radius 2 is 1.86 bits per heavy atom. The molecule has 2 fully saturated rings. The number of hydrogen-bond donors (Lipinski definition) is 1. The first-order valence-corrected chi connectivity index (χ1v) is 9.27. The van der Waals surface area contributed by atoms with Crippen molar-refractivity contribution in [3.05, 3.63) is 0 Å². The van der Waals surface area contributed by atoms with Crippen molar-refractivity contribution in [1.82, 2.24) is 10.2 Å². The molecule has 1 aliphatic carbocycles. The van der Waals surface area contributed by atoms with E-state index < -0.39 is 0 Å². The van der Waals surface area contributed by atoms with Crippen molar-refractivity contribution in [3.63, 3.8) is 0 Å². The average Bonchev–Trinajstić information content (AvgIpc) is 2.81. The van der Waals surface area contributed by atoms with Crippen LogP contribution in [0.25, 0.3) is 0 Å². The van der Waals surface area contributed by atoms with Gasteiger partial charge in [-0.2, -0.15) is 0 Å². The van der Waals surface area contributed by atoms with Gasteiger partial charge in [-0.05, 0) is 38.5 Å². The van der Waals surface area contributed by atoms with Crippen LogP contribution in [0.2, 0.25) is 0 Å². The maximum Gasteiger partial charge on any atom is 0.241 e. The Kier molecular flexibility index (Phi) is 6.53. The highest BCUT2D eigenvalue weighted by Crippen LogP contribution is 2.32. The Labute approximate surface area is 130 Å². The summed E-state index contributed by atoms with van der Waals surface area (Å²) in [7, 11) is 0. The number of carbonyl (C=O) groups excluding carboxylic acids is 1. The largest absolute Gasteiger partial charge is 0.323 e. The van der Waals surface area contributed by atoms with Gasteiger partial charge in [-0.1, -0.05) is 52.4 Å². The molecule has 1 saturated carbocycles. The van der Waals surface area contributed by atoms with Gasteiger partial charge >= 0.3 is 0 Å². The van der Waals surface area contributed by atoms with Crippen molar-refractivity contribution in [2.75, 3.05) is 0 Å². The second-order valence-corrected chi connectivity index (χ2v) is 7.05. The zero-order valence-corrected chi connectivity index (χ0v) is 14.2. The lowest BCUT2D eigenvalue weighted by molar-refractivity contribution is -0.133. The molecule has 1 heterocycles. The van der Waals surface area contributed by atoms with Gasteiger partial charge in [0.15, 0.2) is 0 Å². The first kappa shape index (κ1) is 16.8. The predicted molar refractivity (Wildman–Crippen MR) is 88.0 cm³/mol.